The van der Waals surface area contributed by atoms with Crippen molar-refractivity contribution in [3.05, 3.63) is 66.0 Å². The van der Waals surface area contributed by atoms with Gasteiger partial charge in [0.25, 0.3) is 0 Å². The molecule has 0 aliphatic carbocycles. The molecule has 0 spiro atoms. The van der Waals surface area contributed by atoms with Gasteiger partial charge >= 0.3 is 0 Å². The summed E-state index contributed by atoms with van der Waals surface area (Å²) in [6, 6.07) is 17.8. The van der Waals surface area contributed by atoms with Crippen LogP contribution in [0.3, 0.4) is 0 Å². The van der Waals surface area contributed by atoms with Gasteiger partial charge in [-0.3, -0.25) is 9.36 Å². The first-order chi connectivity index (χ1) is 13.5. The van der Waals surface area contributed by atoms with Crippen molar-refractivity contribution in [2.24, 2.45) is 5.73 Å². The molecule has 2 N–H and O–H groups in total. The van der Waals surface area contributed by atoms with Crippen molar-refractivity contribution in [3.63, 3.8) is 0 Å². The second-order valence-electron chi connectivity index (χ2n) is 6.75. The topological polar surface area (TPSA) is 83.0 Å². The number of aromatic nitrogens is 3. The largest absolute Gasteiger partial charge is 0.483 e. The monoisotopic (exact) mass is 396 g/mol. The van der Waals surface area contributed by atoms with Crippen molar-refractivity contribution in [2.45, 2.75) is 37.9 Å². The van der Waals surface area contributed by atoms with E-state index in [1.54, 1.807) is 0 Å². The number of benzene rings is 2. The molecule has 1 unspecified atom stereocenters. The molecule has 1 aromatic heterocycles. The zero-order chi connectivity index (χ0) is 20.1. The molecule has 0 bridgehead atoms. The van der Waals surface area contributed by atoms with Crippen LogP contribution in [0, 0.1) is 0 Å². The summed E-state index contributed by atoms with van der Waals surface area (Å²) in [5, 5.41) is 9.18. The van der Waals surface area contributed by atoms with Crippen LogP contribution < -0.4 is 10.5 Å². The normalized spacial score (nSPS) is 12.1. The second-order valence-corrected chi connectivity index (χ2v) is 7.69. The lowest BCUT2D eigenvalue weighted by atomic mass is 10.0. The predicted molar refractivity (Wildman–Crippen MR) is 111 cm³/mol. The zero-order valence-electron chi connectivity index (χ0n) is 16.2. The van der Waals surface area contributed by atoms with Crippen LogP contribution in [-0.2, 0) is 4.79 Å². The maximum Gasteiger partial charge on any atom is 0.227 e. The molecule has 1 amide bonds. The molecule has 6 nitrogen and oxygen atoms in total. The molecule has 3 rings (SSSR count). The number of nitrogens with zero attached hydrogens (tertiary/aromatic N) is 3. The van der Waals surface area contributed by atoms with Crippen LogP contribution in [0.5, 0.6) is 5.75 Å². The summed E-state index contributed by atoms with van der Waals surface area (Å²) in [5.41, 5.74) is 7.45. The molecule has 0 saturated heterocycles. The van der Waals surface area contributed by atoms with Gasteiger partial charge in [0.1, 0.15) is 5.75 Å². The average molecular weight is 397 g/mol. The number of hydrogen-bond acceptors (Lipinski definition) is 5. The molecule has 0 radical (unpaired) electrons. The maximum atomic E-state index is 11.2. The molecule has 0 fully saturated rings. The van der Waals surface area contributed by atoms with Gasteiger partial charge in [-0.15, -0.1) is 10.2 Å². The summed E-state index contributed by atoms with van der Waals surface area (Å²) < 4.78 is 8.02. The highest BCUT2D eigenvalue weighted by molar-refractivity contribution is 7.99. The average Bonchev–Trinajstić information content (AvgIpc) is 3.11. The highest BCUT2D eigenvalue weighted by Crippen LogP contribution is 2.28. The van der Waals surface area contributed by atoms with Gasteiger partial charge in [-0.05, 0) is 42.7 Å². The molecular weight excluding hydrogens is 372 g/mol. The van der Waals surface area contributed by atoms with E-state index in [-0.39, 0.29) is 11.9 Å². The van der Waals surface area contributed by atoms with E-state index in [0.29, 0.717) is 16.9 Å². The quantitative estimate of drug-likeness (QED) is 0.580. The molecule has 28 heavy (non-hydrogen) atoms. The molecule has 0 aliphatic heterocycles. The van der Waals surface area contributed by atoms with Crippen molar-refractivity contribution in [3.8, 4) is 11.4 Å². The van der Waals surface area contributed by atoms with Crippen molar-refractivity contribution >= 4 is 17.7 Å². The van der Waals surface area contributed by atoms with Crippen LogP contribution in [0.4, 0.5) is 0 Å². The minimum Gasteiger partial charge on any atom is -0.483 e. The summed E-state index contributed by atoms with van der Waals surface area (Å²) in [7, 11) is 0. The standard InChI is InChI=1S/C21H24N4O2S/c1-14(2)16-9-11-18(12-10-16)27-15(3)20-23-24-21(28-13-19(22)26)25(20)17-7-5-4-6-8-17/h4-12,14-15H,13H2,1-3H3,(H2,22,26). The lowest BCUT2D eigenvalue weighted by Crippen LogP contribution is -2.14. The fraction of sp³-hybridized carbons (Fsp3) is 0.286. The fourth-order valence-corrected chi connectivity index (χ4v) is 3.48. The van der Waals surface area contributed by atoms with Crippen LogP contribution in [0.2, 0.25) is 0 Å². The Balaban J connectivity index is 1.88. The Labute approximate surface area is 169 Å². The van der Waals surface area contributed by atoms with Gasteiger partial charge < -0.3 is 10.5 Å². The molecule has 1 heterocycles. The molecule has 1 atom stereocenters. The number of carbonyl (C=O) groups excluding carboxylic acids is 1. The van der Waals surface area contributed by atoms with E-state index in [2.05, 4.69) is 36.2 Å². The van der Waals surface area contributed by atoms with Gasteiger partial charge in [-0.1, -0.05) is 55.9 Å². The number of thioether (sulfide) groups is 1. The summed E-state index contributed by atoms with van der Waals surface area (Å²) in [6.07, 6.45) is -0.333. The molecule has 3 aromatic rings. The third kappa shape index (κ3) is 4.72. The third-order valence-electron chi connectivity index (χ3n) is 4.24. The SMILES string of the molecule is CC(C)c1ccc(OC(C)c2nnc(SCC(N)=O)n2-c2ccccc2)cc1. The number of amides is 1. The van der Waals surface area contributed by atoms with Crippen LogP contribution in [0.1, 0.15) is 44.2 Å². The van der Waals surface area contributed by atoms with Gasteiger partial charge in [0.2, 0.25) is 5.91 Å². The molecule has 146 valence electrons. The van der Waals surface area contributed by atoms with Crippen LogP contribution in [0.25, 0.3) is 5.69 Å². The zero-order valence-corrected chi connectivity index (χ0v) is 17.0. The van der Waals surface area contributed by atoms with E-state index < -0.39 is 5.91 Å². The number of carbonyl (C=O) groups is 1. The van der Waals surface area contributed by atoms with Crippen LogP contribution in [0.15, 0.2) is 59.8 Å². The summed E-state index contributed by atoms with van der Waals surface area (Å²) in [6.45, 7) is 6.25. The van der Waals surface area contributed by atoms with Gasteiger partial charge in [0, 0.05) is 5.69 Å². The molecule has 7 heteroatoms. The molecule has 0 saturated carbocycles. The fourth-order valence-electron chi connectivity index (χ4n) is 2.78. The van der Waals surface area contributed by atoms with Gasteiger partial charge in [0.15, 0.2) is 17.1 Å². The van der Waals surface area contributed by atoms with E-state index >= 15 is 0 Å². The molecule has 2 aromatic carbocycles. The lowest BCUT2D eigenvalue weighted by molar-refractivity contribution is -0.115. The number of nitrogens with two attached hydrogens (primary N) is 1. The number of hydrogen-bond donors (Lipinski definition) is 1. The van der Waals surface area contributed by atoms with E-state index in [4.69, 9.17) is 10.5 Å². The Bertz CT molecular complexity index is 923. The minimum atomic E-state index is -0.399. The summed E-state index contributed by atoms with van der Waals surface area (Å²) >= 11 is 1.26. The van der Waals surface area contributed by atoms with E-state index in [9.17, 15) is 4.79 Å². The van der Waals surface area contributed by atoms with Crippen molar-refractivity contribution in [1.29, 1.82) is 0 Å². The van der Waals surface area contributed by atoms with Crippen LogP contribution in [-0.4, -0.2) is 26.4 Å². The number of primary amides is 1. The number of para-hydroxylation sites is 1. The van der Waals surface area contributed by atoms with E-state index in [1.165, 1.54) is 17.3 Å². The Morgan fingerprint density at radius 2 is 1.75 bits per heavy atom. The van der Waals surface area contributed by atoms with Gasteiger partial charge in [-0.25, -0.2) is 0 Å². The molecule has 0 aliphatic rings. The van der Waals surface area contributed by atoms with E-state index in [1.807, 2.05) is 54.0 Å². The van der Waals surface area contributed by atoms with Crippen molar-refractivity contribution in [1.82, 2.24) is 14.8 Å². The number of rotatable bonds is 8. The molecular formula is C21H24N4O2S. The van der Waals surface area contributed by atoms with Crippen molar-refractivity contribution in [2.75, 3.05) is 5.75 Å². The first-order valence-corrected chi connectivity index (χ1v) is 10.1. The van der Waals surface area contributed by atoms with Gasteiger partial charge in [-0.2, -0.15) is 0 Å². The predicted octanol–water partition coefficient (Wildman–Crippen LogP) is 4.11. The second kappa shape index (κ2) is 8.93. The highest BCUT2D eigenvalue weighted by atomic mass is 32.2. The Morgan fingerprint density at radius 1 is 1.07 bits per heavy atom. The first-order valence-electron chi connectivity index (χ1n) is 9.14. The number of ether oxygens (including phenoxy) is 1. The highest BCUT2D eigenvalue weighted by Gasteiger charge is 2.21. The van der Waals surface area contributed by atoms with E-state index in [0.717, 1.165) is 11.4 Å². The first kappa shape index (κ1) is 19.9. The maximum absolute atomic E-state index is 11.2. The van der Waals surface area contributed by atoms with Crippen LogP contribution >= 0.6 is 11.8 Å². The summed E-state index contributed by atoms with van der Waals surface area (Å²) in [4.78, 5) is 11.2. The third-order valence-corrected chi connectivity index (χ3v) is 5.19. The Kier molecular flexibility index (Phi) is 6.36. The summed E-state index contributed by atoms with van der Waals surface area (Å²) in [5.74, 6) is 1.63. The smallest absolute Gasteiger partial charge is 0.227 e. The van der Waals surface area contributed by atoms with Crippen molar-refractivity contribution < 1.29 is 9.53 Å². The Morgan fingerprint density at radius 3 is 2.36 bits per heavy atom. The minimum absolute atomic E-state index is 0.136. The lowest BCUT2D eigenvalue weighted by Gasteiger charge is -2.17. The Hall–Kier alpha value is -2.80. The van der Waals surface area contributed by atoms with Gasteiger partial charge in [0.05, 0.1) is 5.75 Å².